The maximum atomic E-state index is 14.3. The van der Waals surface area contributed by atoms with Crippen LogP contribution in [0.5, 0.6) is 5.75 Å². The molecular formula is C25H24ClFN4O3S. The van der Waals surface area contributed by atoms with Crippen LogP contribution in [0.15, 0.2) is 46.2 Å². The molecule has 7 nitrogen and oxygen atoms in total. The number of aryl methyl sites for hydroxylation is 3. The maximum absolute atomic E-state index is 14.3. The maximum Gasteiger partial charge on any atom is 0.331 e. The van der Waals surface area contributed by atoms with Crippen molar-refractivity contribution in [3.05, 3.63) is 78.5 Å². The van der Waals surface area contributed by atoms with Crippen molar-refractivity contribution in [1.29, 1.82) is 0 Å². The van der Waals surface area contributed by atoms with Gasteiger partial charge in [0.15, 0.2) is 6.17 Å². The van der Waals surface area contributed by atoms with Gasteiger partial charge in [0.1, 0.15) is 11.9 Å². The van der Waals surface area contributed by atoms with Gasteiger partial charge in [0, 0.05) is 59.1 Å². The Balaban J connectivity index is 1.61. The van der Waals surface area contributed by atoms with Crippen molar-refractivity contribution in [3.8, 4) is 16.9 Å². The van der Waals surface area contributed by atoms with Crippen LogP contribution < -0.4 is 21.3 Å². The summed E-state index contributed by atoms with van der Waals surface area (Å²) in [5.74, 6) is 0.581. The molecule has 1 saturated heterocycles. The number of nitrogens with one attached hydrogen (secondary N) is 1. The molecule has 0 amide bonds. The first kappa shape index (κ1) is 23.7. The second-order valence-electron chi connectivity index (χ2n) is 8.81. The molecule has 0 spiro atoms. The van der Waals surface area contributed by atoms with Crippen LogP contribution in [-0.4, -0.2) is 39.5 Å². The van der Waals surface area contributed by atoms with Gasteiger partial charge in [-0.1, -0.05) is 11.6 Å². The van der Waals surface area contributed by atoms with Crippen LogP contribution in [0, 0.1) is 13.8 Å². The number of rotatable bonds is 5. The number of alkyl halides is 1. The number of pyridine rings is 1. The lowest BCUT2D eigenvalue weighted by Crippen LogP contribution is -2.39. The molecule has 182 valence electrons. The minimum Gasteiger partial charge on any atom is -0.485 e. The predicted octanol–water partition coefficient (Wildman–Crippen LogP) is 3.83. The summed E-state index contributed by atoms with van der Waals surface area (Å²) in [6.07, 6.45) is 1.55. The number of nitrogens with zero attached hydrogens (tertiary/aromatic N) is 3. The van der Waals surface area contributed by atoms with E-state index in [1.54, 1.807) is 26.2 Å². The van der Waals surface area contributed by atoms with Crippen molar-refractivity contribution < 1.29 is 9.13 Å². The van der Waals surface area contributed by atoms with Gasteiger partial charge in [0.2, 0.25) is 0 Å². The molecule has 1 aliphatic rings. The molecule has 35 heavy (non-hydrogen) atoms. The molecule has 0 radical (unpaired) electrons. The van der Waals surface area contributed by atoms with Crippen molar-refractivity contribution in [3.63, 3.8) is 0 Å². The van der Waals surface area contributed by atoms with Gasteiger partial charge < -0.3 is 14.6 Å². The Morgan fingerprint density at radius 2 is 2.00 bits per heavy atom. The first-order chi connectivity index (χ1) is 16.7. The SMILES string of the molecule is Cc1cc(Cl)cc(-c2ccnc3cc(Cn4c(=O)c(C)cn(C)c4=O)sc23)c1O[C@@H]1CNC[C@@H]1F. The molecule has 4 heterocycles. The van der Waals surface area contributed by atoms with E-state index in [0.717, 1.165) is 31.8 Å². The third kappa shape index (κ3) is 4.39. The number of benzene rings is 1. The quantitative estimate of drug-likeness (QED) is 0.438. The van der Waals surface area contributed by atoms with Gasteiger partial charge in [0.25, 0.3) is 5.56 Å². The average Bonchev–Trinajstić information content (AvgIpc) is 3.42. The van der Waals surface area contributed by atoms with E-state index in [0.29, 0.717) is 22.9 Å². The fraction of sp³-hybridized carbons (Fsp3) is 0.320. The predicted molar refractivity (Wildman–Crippen MR) is 137 cm³/mol. The number of fused-ring (bicyclic) bond motifs is 1. The molecule has 1 aliphatic heterocycles. The highest BCUT2D eigenvalue weighted by Crippen LogP contribution is 2.42. The topological polar surface area (TPSA) is 78.2 Å². The highest BCUT2D eigenvalue weighted by molar-refractivity contribution is 7.19. The van der Waals surface area contributed by atoms with Gasteiger partial charge >= 0.3 is 5.69 Å². The van der Waals surface area contributed by atoms with Crippen molar-refractivity contribution in [2.24, 2.45) is 7.05 Å². The zero-order valence-electron chi connectivity index (χ0n) is 19.5. The van der Waals surface area contributed by atoms with E-state index >= 15 is 0 Å². The van der Waals surface area contributed by atoms with Crippen molar-refractivity contribution in [2.75, 3.05) is 13.1 Å². The Morgan fingerprint density at radius 3 is 2.74 bits per heavy atom. The Labute approximate surface area is 209 Å². The molecule has 0 bridgehead atoms. The Morgan fingerprint density at radius 1 is 1.20 bits per heavy atom. The van der Waals surface area contributed by atoms with Gasteiger partial charge in [-0.2, -0.15) is 0 Å². The van der Waals surface area contributed by atoms with Crippen molar-refractivity contribution in [2.45, 2.75) is 32.7 Å². The lowest BCUT2D eigenvalue weighted by molar-refractivity contribution is 0.140. The summed E-state index contributed by atoms with van der Waals surface area (Å²) in [4.78, 5) is 30.6. The second-order valence-corrected chi connectivity index (χ2v) is 10.4. The van der Waals surface area contributed by atoms with Crippen LogP contribution in [0.1, 0.15) is 16.0 Å². The smallest absolute Gasteiger partial charge is 0.331 e. The summed E-state index contributed by atoms with van der Waals surface area (Å²) >= 11 is 7.87. The molecule has 1 aromatic carbocycles. The van der Waals surface area contributed by atoms with E-state index < -0.39 is 12.3 Å². The second kappa shape index (κ2) is 9.22. The standard InChI is InChI=1S/C25H24ClFN4O3S/c1-13-6-15(26)7-18(22(13)34-21-10-28-9-19(21)27)17-4-5-29-20-8-16(35-23(17)20)12-31-24(32)14(2)11-30(3)25(31)33/h4-8,11,19,21,28H,9-10,12H2,1-3H3/t19-,21+/m0/s1. The van der Waals surface area contributed by atoms with Gasteiger partial charge in [-0.3, -0.25) is 14.3 Å². The zero-order chi connectivity index (χ0) is 24.9. The Bertz CT molecular complexity index is 1530. The summed E-state index contributed by atoms with van der Waals surface area (Å²) in [5, 5.41) is 3.56. The highest BCUT2D eigenvalue weighted by atomic mass is 35.5. The van der Waals surface area contributed by atoms with Crippen LogP contribution >= 0.6 is 22.9 Å². The highest BCUT2D eigenvalue weighted by Gasteiger charge is 2.30. The normalized spacial score (nSPS) is 17.9. The number of hydrogen-bond donors (Lipinski definition) is 1. The zero-order valence-corrected chi connectivity index (χ0v) is 21.0. The van der Waals surface area contributed by atoms with Gasteiger partial charge in [-0.25, -0.2) is 9.18 Å². The Hall–Kier alpha value is -3.01. The van der Waals surface area contributed by atoms with Crippen molar-refractivity contribution in [1.82, 2.24) is 19.4 Å². The van der Waals surface area contributed by atoms with Gasteiger partial charge in [0.05, 0.1) is 16.8 Å². The van der Waals surface area contributed by atoms with E-state index in [9.17, 15) is 14.0 Å². The molecule has 5 rings (SSSR count). The number of aromatic nitrogens is 3. The average molecular weight is 515 g/mol. The first-order valence-electron chi connectivity index (χ1n) is 11.2. The molecule has 0 saturated carbocycles. The number of hydrogen-bond acceptors (Lipinski definition) is 6. The largest absolute Gasteiger partial charge is 0.485 e. The summed E-state index contributed by atoms with van der Waals surface area (Å²) in [6.45, 7) is 4.41. The number of thiophene rings is 1. The minimum atomic E-state index is -1.10. The van der Waals surface area contributed by atoms with Crippen LogP contribution in [0.4, 0.5) is 4.39 Å². The molecule has 3 aromatic heterocycles. The monoisotopic (exact) mass is 514 g/mol. The molecule has 2 atom stereocenters. The third-order valence-electron chi connectivity index (χ3n) is 6.17. The fourth-order valence-electron chi connectivity index (χ4n) is 4.44. The number of ether oxygens (including phenoxy) is 1. The van der Waals surface area contributed by atoms with Crippen LogP contribution in [-0.2, 0) is 13.6 Å². The van der Waals surface area contributed by atoms with E-state index in [-0.39, 0.29) is 24.3 Å². The van der Waals surface area contributed by atoms with E-state index in [2.05, 4.69) is 10.3 Å². The van der Waals surface area contributed by atoms with Crippen molar-refractivity contribution >= 4 is 33.2 Å². The summed E-state index contributed by atoms with van der Waals surface area (Å²) in [6, 6.07) is 7.37. The summed E-state index contributed by atoms with van der Waals surface area (Å²) in [5.41, 5.74) is 2.94. The lowest BCUT2D eigenvalue weighted by Gasteiger charge is -2.20. The molecule has 10 heteroatoms. The van der Waals surface area contributed by atoms with Crippen LogP contribution in [0.3, 0.4) is 0 Å². The summed E-state index contributed by atoms with van der Waals surface area (Å²) < 4.78 is 24.0. The molecular weight excluding hydrogens is 491 g/mol. The minimum absolute atomic E-state index is 0.142. The molecule has 0 aliphatic carbocycles. The molecule has 0 unspecified atom stereocenters. The number of halogens is 2. The van der Waals surface area contributed by atoms with Gasteiger partial charge in [-0.05, 0) is 43.7 Å². The molecule has 1 N–H and O–H groups in total. The van der Waals surface area contributed by atoms with Gasteiger partial charge in [-0.15, -0.1) is 11.3 Å². The molecule has 1 fully saturated rings. The molecule has 4 aromatic rings. The van der Waals surface area contributed by atoms with E-state index in [4.69, 9.17) is 16.3 Å². The van der Waals surface area contributed by atoms with Crippen LogP contribution in [0.25, 0.3) is 21.3 Å². The third-order valence-corrected chi connectivity index (χ3v) is 7.53. The fourth-order valence-corrected chi connectivity index (χ4v) is 5.84. The van der Waals surface area contributed by atoms with E-state index in [1.807, 2.05) is 25.1 Å². The Kier molecular flexibility index (Phi) is 6.25. The first-order valence-corrected chi connectivity index (χ1v) is 12.4. The lowest BCUT2D eigenvalue weighted by atomic mass is 10.0. The van der Waals surface area contributed by atoms with E-state index in [1.165, 1.54) is 26.7 Å². The van der Waals surface area contributed by atoms with Crippen LogP contribution in [0.2, 0.25) is 5.02 Å². The summed E-state index contributed by atoms with van der Waals surface area (Å²) in [7, 11) is 1.63.